The molecular weight excluding hydrogens is 697 g/mol. The maximum atomic E-state index is 13.9. The third kappa shape index (κ3) is 12.4. The highest BCUT2D eigenvalue weighted by Crippen LogP contribution is 2.31. The molecule has 0 spiro atoms. The Morgan fingerprint density at radius 2 is 1.74 bits per heavy atom. The van der Waals surface area contributed by atoms with Crippen molar-refractivity contribution in [1.82, 2.24) is 25.2 Å². The molecule has 0 unspecified atom stereocenters. The van der Waals surface area contributed by atoms with Gasteiger partial charge in [0.25, 0.3) is 0 Å². The van der Waals surface area contributed by atoms with Crippen molar-refractivity contribution < 1.29 is 27.9 Å². The summed E-state index contributed by atoms with van der Waals surface area (Å²) in [6, 6.07) is 17.2. The van der Waals surface area contributed by atoms with E-state index in [0.717, 1.165) is 36.9 Å². The molecule has 0 radical (unpaired) electrons. The molecule has 1 aliphatic carbocycles. The number of aliphatic hydroxyl groups excluding tert-OH is 1. The van der Waals surface area contributed by atoms with E-state index in [9.17, 15) is 28.0 Å². The Labute approximate surface area is 313 Å². The molecule has 1 aromatic heterocycles. The number of methoxy groups -OCH3 is 1. The Morgan fingerprint density at radius 3 is 2.42 bits per heavy atom. The molecule has 2 aromatic carbocycles. The Morgan fingerprint density at radius 1 is 1.02 bits per heavy atom. The number of hydrogen-bond donors (Lipinski definition) is 4. The van der Waals surface area contributed by atoms with Crippen LogP contribution in [0, 0.1) is 16.7 Å². The zero-order chi connectivity index (χ0) is 38.4. The number of benzene rings is 2. The molecule has 14 heteroatoms. The number of hydrogen-bond acceptors (Lipinski definition) is 9. The summed E-state index contributed by atoms with van der Waals surface area (Å²) in [5, 5.41) is 20.3. The fraction of sp³-hybridized carbons (Fsp3) is 0.513. The van der Waals surface area contributed by atoms with Crippen LogP contribution in [0.2, 0.25) is 0 Å². The maximum absolute atomic E-state index is 13.9. The van der Waals surface area contributed by atoms with Crippen LogP contribution in [-0.4, -0.2) is 74.2 Å². The van der Waals surface area contributed by atoms with Gasteiger partial charge in [0, 0.05) is 20.7 Å². The van der Waals surface area contributed by atoms with Crippen LogP contribution < -0.4 is 15.4 Å². The first-order valence-electron chi connectivity index (χ1n) is 18.3. The average molecular weight is 751 g/mol. The second-order valence-corrected chi connectivity index (χ2v) is 15.8. The van der Waals surface area contributed by atoms with Crippen LogP contribution in [0.5, 0.6) is 0 Å². The summed E-state index contributed by atoms with van der Waals surface area (Å²) in [5.41, 5.74) is 3.47. The predicted octanol–water partition coefficient (Wildman–Crippen LogP) is 4.85. The lowest BCUT2D eigenvalue weighted by Gasteiger charge is -2.30. The number of carbonyl (C=O) groups is 2. The number of pyridine rings is 1. The number of nitroso groups, excluding NO2 is 1. The fourth-order valence-electron chi connectivity index (χ4n) is 6.70. The number of carbonyl (C=O) groups excluding carboxylic acids is 2. The van der Waals surface area contributed by atoms with Crippen molar-refractivity contribution in [3.05, 3.63) is 99.7 Å². The number of sulfonamides is 1. The second-order valence-electron chi connectivity index (χ2n) is 14.0. The molecule has 1 aliphatic rings. The topological polar surface area (TPSA) is 179 Å². The zero-order valence-corrected chi connectivity index (χ0v) is 32.0. The largest absolute Gasteiger partial charge is 0.390 e. The lowest BCUT2D eigenvalue weighted by Crippen LogP contribution is -2.58. The molecule has 4 rings (SSSR count). The van der Waals surface area contributed by atoms with Gasteiger partial charge >= 0.3 is 6.03 Å². The van der Waals surface area contributed by atoms with Gasteiger partial charge in [-0.05, 0) is 59.6 Å². The maximum Gasteiger partial charge on any atom is 0.318 e. The van der Waals surface area contributed by atoms with E-state index < -0.39 is 40.1 Å². The normalized spacial score (nSPS) is 15.6. The van der Waals surface area contributed by atoms with E-state index in [1.54, 1.807) is 26.3 Å². The van der Waals surface area contributed by atoms with Crippen LogP contribution in [0.1, 0.15) is 74.0 Å². The van der Waals surface area contributed by atoms with Crippen molar-refractivity contribution in [3.8, 4) is 0 Å². The minimum absolute atomic E-state index is 0.0562. The van der Waals surface area contributed by atoms with Crippen LogP contribution in [0.15, 0.2) is 76.8 Å². The highest BCUT2D eigenvalue weighted by atomic mass is 32.2. The molecule has 4 atom stereocenters. The number of rotatable bonds is 20. The van der Waals surface area contributed by atoms with Gasteiger partial charge in [0.2, 0.25) is 15.9 Å². The summed E-state index contributed by atoms with van der Waals surface area (Å²) in [5.74, 6) is -0.413. The fourth-order valence-corrected chi connectivity index (χ4v) is 7.98. The first-order valence-corrected chi connectivity index (χ1v) is 19.8. The first kappa shape index (κ1) is 41.5. The molecule has 3 amide bonds. The van der Waals surface area contributed by atoms with Crippen LogP contribution in [0.4, 0.5) is 4.79 Å². The summed E-state index contributed by atoms with van der Waals surface area (Å²) >= 11 is 0. The molecule has 1 heterocycles. The van der Waals surface area contributed by atoms with Crippen LogP contribution in [-0.2, 0) is 52.1 Å². The van der Waals surface area contributed by atoms with E-state index in [1.165, 1.54) is 11.0 Å². The van der Waals surface area contributed by atoms with Gasteiger partial charge in [-0.25, -0.2) is 17.9 Å². The van der Waals surface area contributed by atoms with Gasteiger partial charge in [-0.1, -0.05) is 99.7 Å². The number of aliphatic hydroxyl groups is 1. The van der Waals surface area contributed by atoms with E-state index in [2.05, 4.69) is 25.5 Å². The van der Waals surface area contributed by atoms with E-state index in [1.807, 2.05) is 62.4 Å². The van der Waals surface area contributed by atoms with Crippen molar-refractivity contribution in [3.63, 3.8) is 0 Å². The Bertz CT molecular complexity index is 1750. The molecule has 4 N–H and O–H groups in total. The highest BCUT2D eigenvalue weighted by molar-refractivity contribution is 7.89. The Hall–Kier alpha value is -4.24. The number of urea groups is 1. The third-order valence-electron chi connectivity index (χ3n) is 9.89. The number of nitrogens with zero attached hydrogens (tertiary/aromatic N) is 3. The molecule has 53 heavy (non-hydrogen) atoms. The molecule has 1 saturated carbocycles. The van der Waals surface area contributed by atoms with Gasteiger partial charge in [-0.15, -0.1) is 0 Å². The summed E-state index contributed by atoms with van der Waals surface area (Å²) in [6.07, 6.45) is 4.24. The number of nitrogens with one attached hydrogen (secondary N) is 3. The summed E-state index contributed by atoms with van der Waals surface area (Å²) < 4.78 is 35.2. The summed E-state index contributed by atoms with van der Waals surface area (Å²) in [4.78, 5) is 44.4. The van der Waals surface area contributed by atoms with Gasteiger partial charge in [0.1, 0.15) is 12.6 Å². The zero-order valence-electron chi connectivity index (χ0n) is 31.2. The van der Waals surface area contributed by atoms with Gasteiger partial charge in [-0.3, -0.25) is 9.78 Å². The molecule has 288 valence electrons. The van der Waals surface area contributed by atoms with Gasteiger partial charge < -0.3 is 25.4 Å². The molecule has 0 saturated heterocycles. The van der Waals surface area contributed by atoms with Crippen LogP contribution in [0.3, 0.4) is 0 Å². The lowest BCUT2D eigenvalue weighted by molar-refractivity contribution is -0.125. The van der Waals surface area contributed by atoms with Crippen molar-refractivity contribution in [2.24, 2.45) is 17.0 Å². The van der Waals surface area contributed by atoms with Gasteiger partial charge in [-0.2, -0.15) is 4.91 Å². The highest BCUT2D eigenvalue weighted by Gasteiger charge is 2.32. The lowest BCUT2D eigenvalue weighted by atomic mass is 9.96. The SMILES string of the molecule is CC[C@H](C)[C@H](NC(=O)N(C)Cc1cccc(COC)n1)C(=O)N[C@@H](Cc1ccccc1)[C@H](O)CNS(=O)(=O)c1ccc(CN=O)cc1CC1CCCC1. The third-order valence-corrected chi connectivity index (χ3v) is 11.4. The minimum Gasteiger partial charge on any atom is -0.390 e. The van der Waals surface area contributed by atoms with Crippen LogP contribution in [0.25, 0.3) is 0 Å². The van der Waals surface area contributed by atoms with Crippen LogP contribution >= 0.6 is 0 Å². The molecular formula is C39H54N6O7S. The minimum atomic E-state index is -4.09. The molecule has 3 aromatic rings. The molecule has 0 aliphatic heterocycles. The standard InChI is InChI=1S/C39H54N6O7S/c1-5-27(2)37(44-39(48)45(3)25-32-16-11-17-33(42-32)26-52-4)38(47)43-34(22-29-12-7-6-8-13-29)35(46)24-41-53(50,51)36-19-18-30(23-40-49)21-31(36)20-28-14-9-10-15-28/h6-8,11-13,16-19,21,27-28,34-35,37,41,46H,5,9-10,14-15,20,22-26H2,1-4H3,(H,43,47)(H,44,48)/t27-,34-,35+,37-/m0/s1. The summed E-state index contributed by atoms with van der Waals surface area (Å²) in [7, 11) is -0.892. The number of aromatic nitrogens is 1. The Kier molecular flexibility index (Phi) is 15.9. The van der Waals surface area contributed by atoms with E-state index in [0.29, 0.717) is 42.2 Å². The van der Waals surface area contributed by atoms with E-state index in [4.69, 9.17) is 4.74 Å². The van der Waals surface area contributed by atoms with Crippen molar-refractivity contribution in [2.75, 3.05) is 20.7 Å². The molecule has 13 nitrogen and oxygen atoms in total. The quantitative estimate of drug-likeness (QED) is 0.118. The van der Waals surface area contributed by atoms with Gasteiger partial charge in [0.05, 0.1) is 41.6 Å². The predicted molar refractivity (Wildman–Crippen MR) is 203 cm³/mol. The number of ether oxygens (including phenoxy) is 1. The first-order chi connectivity index (χ1) is 25.4. The van der Waals surface area contributed by atoms with Crippen molar-refractivity contribution in [1.29, 1.82) is 0 Å². The second kappa shape index (κ2) is 20.3. The molecule has 1 fully saturated rings. The number of amides is 3. The van der Waals surface area contributed by atoms with E-state index >= 15 is 0 Å². The van der Waals surface area contributed by atoms with Crippen molar-refractivity contribution in [2.45, 2.75) is 102 Å². The smallest absolute Gasteiger partial charge is 0.318 e. The average Bonchev–Trinajstić information content (AvgIpc) is 3.66. The summed E-state index contributed by atoms with van der Waals surface area (Å²) in [6.45, 7) is 3.88. The van der Waals surface area contributed by atoms with E-state index in [-0.39, 0.29) is 36.9 Å². The van der Waals surface area contributed by atoms with Gasteiger partial charge in [0.15, 0.2) is 0 Å². The molecule has 0 bridgehead atoms. The Balaban J connectivity index is 1.49. The van der Waals surface area contributed by atoms with Crippen molar-refractivity contribution >= 4 is 22.0 Å². The monoisotopic (exact) mass is 750 g/mol.